The van der Waals surface area contributed by atoms with Crippen molar-refractivity contribution in [2.45, 2.75) is 0 Å². The zero-order valence-corrected chi connectivity index (χ0v) is 10.1. The van der Waals surface area contributed by atoms with Crippen molar-refractivity contribution >= 4 is 27.7 Å². The molecule has 2 heterocycles. The average molecular weight is 249 g/mol. The summed E-state index contributed by atoms with van der Waals surface area (Å²) in [7, 11) is 0. The Morgan fingerprint density at radius 1 is 1.05 bits per heavy atom. The minimum absolute atomic E-state index is 0.715. The molecule has 0 aliphatic carbocycles. The highest BCUT2D eigenvalue weighted by atomic mass is 16.3. The minimum Gasteiger partial charge on any atom is -0.453 e. The van der Waals surface area contributed by atoms with Crippen LogP contribution < -0.4 is 5.73 Å². The van der Waals surface area contributed by atoms with E-state index in [4.69, 9.17) is 10.2 Å². The van der Waals surface area contributed by atoms with Crippen LogP contribution >= 0.6 is 0 Å². The number of fused-ring (bicyclic) bond motifs is 2. The molecule has 4 rings (SSSR count). The molecule has 4 nitrogen and oxygen atoms in total. The summed E-state index contributed by atoms with van der Waals surface area (Å²) in [6, 6.07) is 15.5. The topological polar surface area (TPSA) is 67.8 Å². The number of imidazole rings is 1. The number of furan rings is 1. The van der Waals surface area contributed by atoms with Crippen LogP contribution in [0.15, 0.2) is 52.9 Å². The highest BCUT2D eigenvalue weighted by Gasteiger charge is 2.10. The van der Waals surface area contributed by atoms with Crippen molar-refractivity contribution in [3.63, 3.8) is 0 Å². The third-order valence-corrected chi connectivity index (χ3v) is 3.16. The molecule has 0 bridgehead atoms. The molecule has 0 aliphatic heterocycles. The molecular formula is C15H11N3O. The van der Waals surface area contributed by atoms with Gasteiger partial charge in [0, 0.05) is 11.1 Å². The Bertz CT molecular complexity index is 856. The molecule has 0 unspecified atom stereocenters. The van der Waals surface area contributed by atoms with Gasteiger partial charge in [-0.25, -0.2) is 4.98 Å². The maximum absolute atomic E-state index is 5.79. The number of nitrogen functional groups attached to an aromatic ring is 1. The molecule has 0 aliphatic rings. The third-order valence-electron chi connectivity index (χ3n) is 3.16. The van der Waals surface area contributed by atoms with Crippen molar-refractivity contribution in [1.82, 2.24) is 9.97 Å². The fourth-order valence-corrected chi connectivity index (χ4v) is 2.24. The zero-order valence-electron chi connectivity index (χ0n) is 10.1. The second kappa shape index (κ2) is 3.62. The normalized spacial score (nSPS) is 11.4. The van der Waals surface area contributed by atoms with Gasteiger partial charge < -0.3 is 15.1 Å². The SMILES string of the molecule is Nc1ccc2nc(-c3cc4ccccc4o3)[nH]c2c1. The number of H-pyrrole nitrogens is 1. The van der Waals surface area contributed by atoms with E-state index in [-0.39, 0.29) is 0 Å². The molecule has 0 amide bonds. The van der Waals surface area contributed by atoms with Crippen LogP contribution in [0, 0.1) is 0 Å². The molecule has 19 heavy (non-hydrogen) atoms. The molecule has 92 valence electrons. The van der Waals surface area contributed by atoms with Crippen molar-refractivity contribution < 1.29 is 4.42 Å². The first-order chi connectivity index (χ1) is 9.29. The quantitative estimate of drug-likeness (QED) is 0.507. The summed E-state index contributed by atoms with van der Waals surface area (Å²) in [5.41, 5.74) is 9.13. The molecule has 3 N–H and O–H groups in total. The maximum atomic E-state index is 5.79. The van der Waals surface area contributed by atoms with Gasteiger partial charge in [-0.05, 0) is 30.3 Å². The standard InChI is InChI=1S/C15H11N3O/c16-10-5-6-11-12(8-10)18-15(17-11)14-7-9-3-1-2-4-13(9)19-14/h1-8H,16H2,(H,17,18). The molecular weight excluding hydrogens is 238 g/mol. The van der Waals surface area contributed by atoms with Gasteiger partial charge in [-0.1, -0.05) is 18.2 Å². The Kier molecular flexibility index (Phi) is 1.94. The number of rotatable bonds is 1. The number of aromatic nitrogens is 2. The number of aromatic amines is 1. The molecule has 0 saturated heterocycles. The first kappa shape index (κ1) is 10.2. The second-order valence-electron chi connectivity index (χ2n) is 4.51. The molecule has 2 aromatic carbocycles. The van der Waals surface area contributed by atoms with Crippen molar-refractivity contribution in [1.29, 1.82) is 0 Å². The Labute approximate surface area is 108 Å². The van der Waals surface area contributed by atoms with E-state index >= 15 is 0 Å². The first-order valence-electron chi connectivity index (χ1n) is 6.04. The van der Waals surface area contributed by atoms with Crippen LogP contribution in [0.25, 0.3) is 33.6 Å². The number of hydrogen-bond donors (Lipinski definition) is 2. The number of nitrogens with one attached hydrogen (secondary N) is 1. The maximum Gasteiger partial charge on any atom is 0.174 e. The summed E-state index contributed by atoms with van der Waals surface area (Å²) in [5, 5.41) is 1.07. The van der Waals surface area contributed by atoms with Gasteiger partial charge >= 0.3 is 0 Å². The number of benzene rings is 2. The summed E-state index contributed by atoms with van der Waals surface area (Å²) in [5.74, 6) is 1.45. The molecule has 0 fully saturated rings. The van der Waals surface area contributed by atoms with Gasteiger partial charge in [0.15, 0.2) is 11.6 Å². The molecule has 0 spiro atoms. The number of hydrogen-bond acceptors (Lipinski definition) is 3. The molecule has 4 aromatic rings. The Morgan fingerprint density at radius 3 is 2.84 bits per heavy atom. The summed E-state index contributed by atoms with van der Waals surface area (Å²) < 4.78 is 5.79. The first-order valence-corrected chi connectivity index (χ1v) is 6.04. The van der Waals surface area contributed by atoms with E-state index in [2.05, 4.69) is 9.97 Å². The highest BCUT2D eigenvalue weighted by molar-refractivity contribution is 5.85. The van der Waals surface area contributed by atoms with Crippen molar-refractivity contribution in [3.8, 4) is 11.6 Å². The number of nitrogens with two attached hydrogens (primary N) is 1. The minimum atomic E-state index is 0.715. The van der Waals surface area contributed by atoms with Crippen molar-refractivity contribution in [3.05, 3.63) is 48.5 Å². The summed E-state index contributed by atoms with van der Waals surface area (Å²) in [6.45, 7) is 0. The summed E-state index contributed by atoms with van der Waals surface area (Å²) in [4.78, 5) is 7.74. The van der Waals surface area contributed by atoms with Crippen molar-refractivity contribution in [2.24, 2.45) is 0 Å². The van der Waals surface area contributed by atoms with Gasteiger partial charge in [0.1, 0.15) is 5.58 Å². The average Bonchev–Trinajstić information content (AvgIpc) is 3.00. The van der Waals surface area contributed by atoms with E-state index in [1.807, 2.05) is 48.5 Å². The van der Waals surface area contributed by atoms with Crippen LogP contribution in [0.2, 0.25) is 0 Å². The summed E-state index contributed by atoms with van der Waals surface area (Å²) in [6.07, 6.45) is 0. The van der Waals surface area contributed by atoms with Crippen LogP contribution in [0.5, 0.6) is 0 Å². The van der Waals surface area contributed by atoms with Crippen LogP contribution in [0.4, 0.5) is 5.69 Å². The van der Waals surface area contributed by atoms with Crippen LogP contribution in [0.1, 0.15) is 0 Å². The van der Waals surface area contributed by atoms with E-state index < -0.39 is 0 Å². The lowest BCUT2D eigenvalue weighted by molar-refractivity contribution is 0.627. The monoisotopic (exact) mass is 249 g/mol. The molecule has 0 saturated carbocycles. The lowest BCUT2D eigenvalue weighted by Gasteiger charge is -1.89. The van der Waals surface area contributed by atoms with E-state index in [1.165, 1.54) is 0 Å². The van der Waals surface area contributed by atoms with E-state index in [1.54, 1.807) is 0 Å². The zero-order chi connectivity index (χ0) is 12.8. The van der Waals surface area contributed by atoms with Crippen LogP contribution in [-0.4, -0.2) is 9.97 Å². The third kappa shape index (κ3) is 1.57. The fraction of sp³-hybridized carbons (Fsp3) is 0. The number of para-hydroxylation sites is 1. The van der Waals surface area contributed by atoms with E-state index in [9.17, 15) is 0 Å². The van der Waals surface area contributed by atoms with Gasteiger partial charge in [-0.15, -0.1) is 0 Å². The Morgan fingerprint density at radius 2 is 1.95 bits per heavy atom. The predicted molar refractivity (Wildman–Crippen MR) is 75.7 cm³/mol. The predicted octanol–water partition coefficient (Wildman–Crippen LogP) is 3.56. The van der Waals surface area contributed by atoms with E-state index in [0.717, 1.165) is 33.6 Å². The largest absolute Gasteiger partial charge is 0.453 e. The highest BCUT2D eigenvalue weighted by Crippen LogP contribution is 2.27. The van der Waals surface area contributed by atoms with Gasteiger partial charge in [0.05, 0.1) is 11.0 Å². The van der Waals surface area contributed by atoms with Crippen LogP contribution in [0.3, 0.4) is 0 Å². The second-order valence-corrected chi connectivity index (χ2v) is 4.51. The molecule has 2 aromatic heterocycles. The van der Waals surface area contributed by atoms with Crippen LogP contribution in [-0.2, 0) is 0 Å². The Hall–Kier alpha value is -2.75. The lowest BCUT2D eigenvalue weighted by atomic mass is 10.2. The summed E-state index contributed by atoms with van der Waals surface area (Å²) >= 11 is 0. The fourth-order valence-electron chi connectivity index (χ4n) is 2.24. The molecule has 4 heteroatoms. The Balaban J connectivity index is 1.93. The smallest absolute Gasteiger partial charge is 0.174 e. The van der Waals surface area contributed by atoms with E-state index in [0.29, 0.717) is 5.69 Å². The van der Waals surface area contributed by atoms with Gasteiger partial charge in [-0.3, -0.25) is 0 Å². The van der Waals surface area contributed by atoms with Crippen molar-refractivity contribution in [2.75, 3.05) is 5.73 Å². The number of anilines is 1. The lowest BCUT2D eigenvalue weighted by Crippen LogP contribution is -1.82. The van der Waals surface area contributed by atoms with Gasteiger partial charge in [-0.2, -0.15) is 0 Å². The van der Waals surface area contributed by atoms with Gasteiger partial charge in [0.2, 0.25) is 0 Å². The molecule has 0 atom stereocenters. The van der Waals surface area contributed by atoms with Gasteiger partial charge in [0.25, 0.3) is 0 Å². The molecule has 0 radical (unpaired) electrons. The number of nitrogens with zero attached hydrogens (tertiary/aromatic N) is 1.